The van der Waals surface area contributed by atoms with Crippen molar-refractivity contribution in [2.75, 3.05) is 6.54 Å². The zero-order valence-corrected chi connectivity index (χ0v) is 10.0. The van der Waals surface area contributed by atoms with Gasteiger partial charge >= 0.3 is 0 Å². The van der Waals surface area contributed by atoms with Gasteiger partial charge in [-0.15, -0.1) is 5.10 Å². The van der Waals surface area contributed by atoms with Crippen molar-refractivity contribution < 1.29 is 8.78 Å². The fraction of sp³-hybridized carbons (Fsp3) is 0.273. The van der Waals surface area contributed by atoms with Crippen LogP contribution >= 0.6 is 11.5 Å². The summed E-state index contributed by atoms with van der Waals surface area (Å²) in [5.41, 5.74) is 0.957. The molecule has 6 heteroatoms. The SMILES string of the molecule is CCNCc1snnc1-c1cc(F)cc(F)c1. The number of rotatable bonds is 4. The molecule has 0 atom stereocenters. The molecule has 0 aliphatic carbocycles. The van der Waals surface area contributed by atoms with Crippen LogP contribution in [-0.4, -0.2) is 16.1 Å². The highest BCUT2D eigenvalue weighted by molar-refractivity contribution is 7.05. The predicted octanol–water partition coefficient (Wildman–Crippen LogP) is 2.59. The van der Waals surface area contributed by atoms with Gasteiger partial charge in [0.25, 0.3) is 0 Å². The van der Waals surface area contributed by atoms with Crippen molar-refractivity contribution in [2.45, 2.75) is 13.5 Å². The van der Waals surface area contributed by atoms with E-state index in [-0.39, 0.29) is 0 Å². The molecule has 3 nitrogen and oxygen atoms in total. The third kappa shape index (κ3) is 2.83. The smallest absolute Gasteiger partial charge is 0.126 e. The summed E-state index contributed by atoms with van der Waals surface area (Å²) in [6, 6.07) is 3.36. The number of nitrogens with zero attached hydrogens (tertiary/aromatic N) is 2. The molecule has 0 aliphatic heterocycles. The molecule has 0 amide bonds. The molecule has 0 aliphatic rings. The van der Waals surface area contributed by atoms with E-state index in [1.807, 2.05) is 6.92 Å². The molecule has 2 rings (SSSR count). The Hall–Kier alpha value is -1.40. The Labute approximate surface area is 102 Å². The van der Waals surface area contributed by atoms with Gasteiger partial charge in [-0.05, 0) is 30.2 Å². The molecule has 0 saturated heterocycles. The van der Waals surface area contributed by atoms with E-state index >= 15 is 0 Å². The van der Waals surface area contributed by atoms with E-state index in [9.17, 15) is 8.78 Å². The molecule has 1 N–H and O–H groups in total. The van der Waals surface area contributed by atoms with Gasteiger partial charge in [-0.25, -0.2) is 8.78 Å². The Morgan fingerprint density at radius 2 is 1.94 bits per heavy atom. The second-order valence-electron chi connectivity index (χ2n) is 3.48. The Morgan fingerprint density at radius 1 is 1.24 bits per heavy atom. The Morgan fingerprint density at radius 3 is 2.59 bits per heavy atom. The van der Waals surface area contributed by atoms with Crippen molar-refractivity contribution in [3.63, 3.8) is 0 Å². The van der Waals surface area contributed by atoms with Gasteiger partial charge in [0.1, 0.15) is 17.3 Å². The van der Waals surface area contributed by atoms with Gasteiger partial charge < -0.3 is 5.32 Å². The van der Waals surface area contributed by atoms with Gasteiger partial charge in [-0.2, -0.15) is 0 Å². The van der Waals surface area contributed by atoms with Crippen LogP contribution in [0.2, 0.25) is 0 Å². The molecule has 0 radical (unpaired) electrons. The minimum atomic E-state index is -0.609. The second-order valence-corrected chi connectivity index (χ2v) is 4.32. The summed E-state index contributed by atoms with van der Waals surface area (Å²) in [4.78, 5) is 0.872. The molecule has 0 unspecified atom stereocenters. The van der Waals surface area contributed by atoms with E-state index in [1.54, 1.807) is 0 Å². The van der Waals surface area contributed by atoms with Crippen LogP contribution in [0.25, 0.3) is 11.3 Å². The molecule has 17 heavy (non-hydrogen) atoms. The van der Waals surface area contributed by atoms with Crippen LogP contribution in [0.3, 0.4) is 0 Å². The molecule has 0 saturated carbocycles. The summed E-state index contributed by atoms with van der Waals surface area (Å²) < 4.78 is 30.0. The summed E-state index contributed by atoms with van der Waals surface area (Å²) in [6.45, 7) is 3.40. The van der Waals surface area contributed by atoms with E-state index in [0.29, 0.717) is 17.8 Å². The highest BCUT2D eigenvalue weighted by Crippen LogP contribution is 2.25. The standard InChI is InChI=1S/C11H11F2N3S/c1-2-14-6-10-11(15-16-17-10)7-3-8(12)5-9(13)4-7/h3-5,14H,2,6H2,1H3. The Bertz CT molecular complexity index is 493. The maximum atomic E-state index is 13.1. The maximum absolute atomic E-state index is 13.1. The highest BCUT2D eigenvalue weighted by Gasteiger charge is 2.12. The van der Waals surface area contributed by atoms with Crippen molar-refractivity contribution in [3.05, 3.63) is 34.7 Å². The first-order chi connectivity index (χ1) is 8.20. The quantitative estimate of drug-likeness (QED) is 0.912. The molecule has 90 valence electrons. The Balaban J connectivity index is 2.35. The molecule has 0 spiro atoms. The first-order valence-electron chi connectivity index (χ1n) is 5.19. The van der Waals surface area contributed by atoms with Crippen LogP contribution < -0.4 is 5.32 Å². The van der Waals surface area contributed by atoms with Gasteiger partial charge in [0.15, 0.2) is 0 Å². The monoisotopic (exact) mass is 255 g/mol. The molecule has 2 aromatic rings. The average molecular weight is 255 g/mol. The number of nitrogens with one attached hydrogen (secondary N) is 1. The lowest BCUT2D eigenvalue weighted by molar-refractivity contribution is 0.584. The lowest BCUT2D eigenvalue weighted by Crippen LogP contribution is -2.11. The summed E-state index contributed by atoms with van der Waals surface area (Å²) in [7, 11) is 0. The molecule has 0 bridgehead atoms. The zero-order chi connectivity index (χ0) is 12.3. The zero-order valence-electron chi connectivity index (χ0n) is 9.20. The van der Waals surface area contributed by atoms with E-state index in [2.05, 4.69) is 14.9 Å². The van der Waals surface area contributed by atoms with E-state index in [1.165, 1.54) is 23.7 Å². The van der Waals surface area contributed by atoms with Crippen molar-refractivity contribution in [1.29, 1.82) is 0 Å². The number of benzene rings is 1. The molecular formula is C11H11F2N3S. The van der Waals surface area contributed by atoms with Gasteiger partial charge in [-0.3, -0.25) is 0 Å². The molecule has 1 heterocycles. The van der Waals surface area contributed by atoms with Crippen molar-refractivity contribution in [3.8, 4) is 11.3 Å². The first kappa shape index (κ1) is 12.1. The summed E-state index contributed by atoms with van der Waals surface area (Å²) in [5.74, 6) is -1.22. The Kier molecular flexibility index (Phi) is 3.75. The van der Waals surface area contributed by atoms with E-state index in [0.717, 1.165) is 17.5 Å². The number of halogens is 2. The van der Waals surface area contributed by atoms with Gasteiger partial charge in [0, 0.05) is 18.2 Å². The second kappa shape index (κ2) is 5.29. The normalized spacial score (nSPS) is 10.8. The third-order valence-electron chi connectivity index (χ3n) is 2.23. The van der Waals surface area contributed by atoms with Crippen LogP contribution in [0, 0.1) is 11.6 Å². The molecular weight excluding hydrogens is 244 g/mol. The van der Waals surface area contributed by atoms with Gasteiger partial charge in [0.2, 0.25) is 0 Å². The van der Waals surface area contributed by atoms with E-state index in [4.69, 9.17) is 0 Å². The van der Waals surface area contributed by atoms with Crippen molar-refractivity contribution >= 4 is 11.5 Å². The van der Waals surface area contributed by atoms with Gasteiger partial charge in [0.05, 0.1) is 4.88 Å². The number of hydrogen-bond acceptors (Lipinski definition) is 4. The van der Waals surface area contributed by atoms with Crippen LogP contribution in [0.15, 0.2) is 18.2 Å². The van der Waals surface area contributed by atoms with Crippen LogP contribution in [0.1, 0.15) is 11.8 Å². The van der Waals surface area contributed by atoms with Crippen molar-refractivity contribution in [1.82, 2.24) is 14.9 Å². The lowest BCUT2D eigenvalue weighted by atomic mass is 10.1. The summed E-state index contributed by atoms with van der Waals surface area (Å²) in [6.07, 6.45) is 0. The fourth-order valence-electron chi connectivity index (χ4n) is 1.47. The van der Waals surface area contributed by atoms with E-state index < -0.39 is 11.6 Å². The average Bonchev–Trinajstić information content (AvgIpc) is 2.73. The van der Waals surface area contributed by atoms with Crippen LogP contribution in [0.5, 0.6) is 0 Å². The topological polar surface area (TPSA) is 37.8 Å². The minimum absolute atomic E-state index is 0.421. The maximum Gasteiger partial charge on any atom is 0.126 e. The van der Waals surface area contributed by atoms with Crippen molar-refractivity contribution in [2.24, 2.45) is 0 Å². The number of hydrogen-bond donors (Lipinski definition) is 1. The third-order valence-corrected chi connectivity index (χ3v) is 2.95. The number of aromatic nitrogens is 2. The van der Waals surface area contributed by atoms with Gasteiger partial charge in [-0.1, -0.05) is 11.4 Å². The molecule has 0 fully saturated rings. The molecule has 1 aromatic heterocycles. The minimum Gasteiger partial charge on any atom is -0.312 e. The summed E-state index contributed by atoms with van der Waals surface area (Å²) >= 11 is 1.23. The highest BCUT2D eigenvalue weighted by atomic mass is 32.1. The lowest BCUT2D eigenvalue weighted by Gasteiger charge is -2.02. The fourth-order valence-corrected chi connectivity index (χ4v) is 2.11. The molecule has 1 aromatic carbocycles. The predicted molar refractivity (Wildman–Crippen MR) is 62.6 cm³/mol. The van der Waals surface area contributed by atoms with Crippen LogP contribution in [-0.2, 0) is 6.54 Å². The summed E-state index contributed by atoms with van der Waals surface area (Å²) in [5, 5.41) is 7.05. The largest absolute Gasteiger partial charge is 0.312 e. The van der Waals surface area contributed by atoms with Crippen LogP contribution in [0.4, 0.5) is 8.78 Å². The first-order valence-corrected chi connectivity index (χ1v) is 5.96.